The highest BCUT2D eigenvalue weighted by Crippen LogP contribution is 2.28. The maximum atomic E-state index is 12.6. The van der Waals surface area contributed by atoms with Gasteiger partial charge in [0, 0.05) is 32.6 Å². The van der Waals surface area contributed by atoms with Gasteiger partial charge in [-0.1, -0.05) is 23.7 Å². The summed E-state index contributed by atoms with van der Waals surface area (Å²) in [5.74, 6) is 1.05. The molecule has 2 aromatic heterocycles. The highest BCUT2D eigenvalue weighted by atomic mass is 35.5. The number of aryl methyl sites for hydroxylation is 1. The predicted octanol–water partition coefficient (Wildman–Crippen LogP) is 1.31. The number of aromatic nitrogens is 2. The van der Waals surface area contributed by atoms with Crippen molar-refractivity contribution in [3.63, 3.8) is 0 Å². The molecule has 0 bridgehead atoms. The molecular formula is C16H22ClN5O4S2. The molecule has 9 nitrogen and oxygen atoms in total. The SMILES string of the molecule is CCc1noc(CN(C)CC(=O)N2CCN(S(=O)(=O)c3ccc(Cl)s3)CC2)n1. The first-order valence-electron chi connectivity index (χ1n) is 8.83. The van der Waals surface area contributed by atoms with E-state index in [1.54, 1.807) is 22.9 Å². The van der Waals surface area contributed by atoms with Gasteiger partial charge >= 0.3 is 0 Å². The normalized spacial score (nSPS) is 16.1. The molecule has 12 heteroatoms. The summed E-state index contributed by atoms with van der Waals surface area (Å²) in [5, 5.41) is 3.84. The van der Waals surface area contributed by atoms with Crippen LogP contribution in [0.1, 0.15) is 18.6 Å². The monoisotopic (exact) mass is 447 g/mol. The minimum atomic E-state index is -3.56. The van der Waals surface area contributed by atoms with Gasteiger partial charge in [-0.15, -0.1) is 11.3 Å². The molecule has 1 amide bonds. The van der Waals surface area contributed by atoms with E-state index in [2.05, 4.69) is 10.1 Å². The topological polar surface area (TPSA) is 99.9 Å². The first kappa shape index (κ1) is 21.2. The summed E-state index contributed by atoms with van der Waals surface area (Å²) < 4.78 is 32.4. The Morgan fingerprint density at radius 1 is 1.32 bits per heavy atom. The van der Waals surface area contributed by atoms with Gasteiger partial charge in [-0.3, -0.25) is 9.69 Å². The summed E-state index contributed by atoms with van der Waals surface area (Å²) in [6.07, 6.45) is 0.691. The summed E-state index contributed by atoms with van der Waals surface area (Å²) in [5.41, 5.74) is 0. The number of hydrogen-bond donors (Lipinski definition) is 0. The second-order valence-corrected chi connectivity index (χ2v) is 10.4. The molecule has 0 aromatic carbocycles. The zero-order valence-corrected chi connectivity index (χ0v) is 18.1. The van der Waals surface area contributed by atoms with Gasteiger partial charge in [-0.05, 0) is 19.2 Å². The summed E-state index contributed by atoms with van der Waals surface area (Å²) in [4.78, 5) is 20.2. The highest BCUT2D eigenvalue weighted by Gasteiger charge is 2.31. The molecular weight excluding hydrogens is 426 g/mol. The van der Waals surface area contributed by atoms with E-state index >= 15 is 0 Å². The Bertz CT molecular complexity index is 921. The van der Waals surface area contributed by atoms with Crippen LogP contribution < -0.4 is 0 Å². The third kappa shape index (κ3) is 4.90. The molecule has 1 fully saturated rings. The largest absolute Gasteiger partial charge is 0.339 e. The number of sulfonamides is 1. The summed E-state index contributed by atoms with van der Waals surface area (Å²) in [6, 6.07) is 3.08. The zero-order chi connectivity index (χ0) is 20.3. The van der Waals surface area contributed by atoms with Gasteiger partial charge in [0.15, 0.2) is 5.82 Å². The van der Waals surface area contributed by atoms with Crippen molar-refractivity contribution in [1.82, 2.24) is 24.2 Å². The Labute approximate surface area is 172 Å². The van der Waals surface area contributed by atoms with Gasteiger partial charge in [-0.25, -0.2) is 8.42 Å². The Kier molecular flexibility index (Phi) is 6.71. The van der Waals surface area contributed by atoms with E-state index < -0.39 is 10.0 Å². The van der Waals surface area contributed by atoms with Crippen LogP contribution in [-0.4, -0.2) is 78.3 Å². The lowest BCUT2D eigenvalue weighted by Gasteiger charge is -2.34. The van der Waals surface area contributed by atoms with Crippen LogP contribution >= 0.6 is 22.9 Å². The second kappa shape index (κ2) is 8.87. The quantitative estimate of drug-likeness (QED) is 0.630. The lowest BCUT2D eigenvalue weighted by Crippen LogP contribution is -2.52. The average Bonchev–Trinajstić information content (AvgIpc) is 3.30. The van der Waals surface area contributed by atoms with Gasteiger partial charge in [0.25, 0.3) is 10.0 Å². The Morgan fingerprint density at radius 3 is 2.61 bits per heavy atom. The maximum Gasteiger partial charge on any atom is 0.252 e. The van der Waals surface area contributed by atoms with Crippen molar-refractivity contribution in [1.29, 1.82) is 0 Å². The smallest absolute Gasteiger partial charge is 0.252 e. The second-order valence-electron chi connectivity index (χ2n) is 6.47. The summed E-state index contributed by atoms with van der Waals surface area (Å²) in [6.45, 7) is 3.74. The molecule has 1 saturated heterocycles. The molecule has 0 unspecified atom stereocenters. The number of hydrogen-bond acceptors (Lipinski definition) is 8. The Balaban J connectivity index is 1.50. The fourth-order valence-corrected chi connectivity index (χ4v) is 5.92. The van der Waals surface area contributed by atoms with Crippen LogP contribution in [0.4, 0.5) is 0 Å². The molecule has 3 heterocycles. The van der Waals surface area contributed by atoms with Crippen molar-refractivity contribution in [2.45, 2.75) is 24.1 Å². The molecule has 3 rings (SSSR count). The van der Waals surface area contributed by atoms with Crippen molar-refractivity contribution in [3.05, 3.63) is 28.2 Å². The van der Waals surface area contributed by atoms with E-state index in [0.29, 0.717) is 42.1 Å². The molecule has 0 saturated carbocycles. The van der Waals surface area contributed by atoms with Crippen LogP contribution in [0.25, 0.3) is 0 Å². The minimum Gasteiger partial charge on any atom is -0.339 e. The number of likely N-dealkylation sites (N-methyl/N-ethyl adjacent to an activating group) is 1. The van der Waals surface area contributed by atoms with Crippen LogP contribution in [-0.2, 0) is 27.8 Å². The van der Waals surface area contributed by atoms with E-state index in [9.17, 15) is 13.2 Å². The van der Waals surface area contributed by atoms with E-state index in [1.165, 1.54) is 10.4 Å². The van der Waals surface area contributed by atoms with E-state index in [4.69, 9.17) is 16.1 Å². The third-order valence-electron chi connectivity index (χ3n) is 4.37. The van der Waals surface area contributed by atoms with Crippen LogP contribution in [0.15, 0.2) is 20.9 Å². The van der Waals surface area contributed by atoms with E-state index in [-0.39, 0.29) is 29.8 Å². The van der Waals surface area contributed by atoms with Crippen LogP contribution in [0.2, 0.25) is 4.34 Å². The Morgan fingerprint density at radius 2 is 2.04 bits per heavy atom. The number of carbonyl (C=O) groups excluding carboxylic acids is 1. The maximum absolute atomic E-state index is 12.6. The fraction of sp³-hybridized carbons (Fsp3) is 0.562. The zero-order valence-electron chi connectivity index (χ0n) is 15.7. The predicted molar refractivity (Wildman–Crippen MR) is 105 cm³/mol. The van der Waals surface area contributed by atoms with E-state index in [1.807, 2.05) is 6.92 Å². The number of nitrogens with zero attached hydrogens (tertiary/aromatic N) is 5. The van der Waals surface area contributed by atoms with Crippen molar-refractivity contribution in [2.75, 3.05) is 39.8 Å². The number of amides is 1. The average molecular weight is 448 g/mol. The number of thiophene rings is 1. The molecule has 1 aliphatic heterocycles. The molecule has 154 valence electrons. The van der Waals surface area contributed by atoms with Gasteiger partial charge < -0.3 is 9.42 Å². The number of carbonyl (C=O) groups is 1. The molecule has 0 aliphatic carbocycles. The number of rotatable bonds is 7. The van der Waals surface area contributed by atoms with Crippen molar-refractivity contribution >= 4 is 38.9 Å². The Hall–Kier alpha value is -1.53. The fourth-order valence-electron chi connectivity index (χ4n) is 2.86. The van der Waals surface area contributed by atoms with Crippen LogP contribution in [0.5, 0.6) is 0 Å². The standard InChI is InChI=1S/C16H22ClN5O4S2/c1-3-13-18-14(26-19-13)10-20(2)11-15(23)21-6-8-22(9-7-21)28(24,25)16-5-4-12(17)27-16/h4-5H,3,6-11H2,1-2H3. The lowest BCUT2D eigenvalue weighted by molar-refractivity contribution is -0.133. The van der Waals surface area contributed by atoms with Gasteiger partial charge in [0.05, 0.1) is 17.4 Å². The van der Waals surface area contributed by atoms with Crippen LogP contribution in [0, 0.1) is 0 Å². The van der Waals surface area contributed by atoms with Gasteiger partial charge in [0.1, 0.15) is 4.21 Å². The lowest BCUT2D eigenvalue weighted by atomic mass is 10.3. The first-order valence-corrected chi connectivity index (χ1v) is 11.5. The molecule has 1 aliphatic rings. The van der Waals surface area contributed by atoms with Crippen molar-refractivity contribution in [2.24, 2.45) is 0 Å². The first-order chi connectivity index (χ1) is 13.3. The number of piperazine rings is 1. The molecule has 0 spiro atoms. The molecule has 0 radical (unpaired) electrons. The number of halogens is 1. The third-order valence-corrected chi connectivity index (χ3v) is 7.97. The van der Waals surface area contributed by atoms with Crippen molar-refractivity contribution in [3.8, 4) is 0 Å². The molecule has 0 atom stereocenters. The van der Waals surface area contributed by atoms with Gasteiger partial charge in [-0.2, -0.15) is 9.29 Å². The highest BCUT2D eigenvalue weighted by molar-refractivity contribution is 7.91. The van der Waals surface area contributed by atoms with Crippen LogP contribution in [0.3, 0.4) is 0 Å². The molecule has 28 heavy (non-hydrogen) atoms. The summed E-state index contributed by atoms with van der Waals surface area (Å²) in [7, 11) is -1.76. The molecule has 2 aromatic rings. The van der Waals surface area contributed by atoms with Crippen molar-refractivity contribution < 1.29 is 17.7 Å². The molecule has 0 N–H and O–H groups in total. The van der Waals surface area contributed by atoms with E-state index in [0.717, 1.165) is 11.3 Å². The van der Waals surface area contributed by atoms with Gasteiger partial charge in [0.2, 0.25) is 11.8 Å². The summed E-state index contributed by atoms with van der Waals surface area (Å²) >= 11 is 6.89. The minimum absolute atomic E-state index is 0.0612.